The number of benzene rings is 1. The van der Waals surface area contributed by atoms with Crippen LogP contribution in [-0.2, 0) is 12.0 Å². The molecule has 1 heterocycles. The second-order valence-corrected chi connectivity index (χ2v) is 5.37. The maximum absolute atomic E-state index is 6.38. The first-order chi connectivity index (χ1) is 7.58. The molecule has 84 valence electrons. The monoisotopic (exact) mass is 231 g/mol. The van der Waals surface area contributed by atoms with Crippen LogP contribution in [0.3, 0.4) is 0 Å². The summed E-state index contributed by atoms with van der Waals surface area (Å²) in [4.78, 5) is 0. The van der Waals surface area contributed by atoms with Gasteiger partial charge in [0.25, 0.3) is 0 Å². The van der Waals surface area contributed by atoms with Gasteiger partial charge >= 0.3 is 0 Å². The first-order valence-corrected chi connectivity index (χ1v) is 6.39. The Labute approximate surface area is 101 Å². The molecular weight excluding hydrogens is 214 g/mol. The highest BCUT2D eigenvalue weighted by Crippen LogP contribution is 2.24. The molecule has 0 aliphatic carbocycles. The van der Waals surface area contributed by atoms with Crippen molar-refractivity contribution in [3.63, 3.8) is 0 Å². The topological polar surface area (TPSA) is 26.0 Å². The van der Waals surface area contributed by atoms with E-state index in [1.807, 2.05) is 0 Å². The first-order valence-electron chi connectivity index (χ1n) is 5.45. The maximum atomic E-state index is 6.38. The van der Waals surface area contributed by atoms with Crippen LogP contribution in [-0.4, -0.2) is 0 Å². The number of aryl methyl sites for hydroxylation is 1. The van der Waals surface area contributed by atoms with Gasteiger partial charge in [0.15, 0.2) is 0 Å². The minimum absolute atomic E-state index is 0.283. The predicted molar refractivity (Wildman–Crippen MR) is 70.7 cm³/mol. The number of hydrogen-bond acceptors (Lipinski definition) is 2. The molecule has 0 aliphatic rings. The molecule has 2 aromatic rings. The van der Waals surface area contributed by atoms with Crippen LogP contribution >= 0.6 is 11.3 Å². The number of thiophene rings is 1. The summed E-state index contributed by atoms with van der Waals surface area (Å²) < 4.78 is 0. The standard InChI is InChI=1S/C14H17NS/c1-11-3-5-13(6-4-11)14(2,15)9-12-7-8-16-10-12/h3-8,10H,9,15H2,1-2H3. The molecule has 0 spiro atoms. The number of rotatable bonds is 3. The van der Waals surface area contributed by atoms with Crippen LogP contribution in [0.5, 0.6) is 0 Å². The van der Waals surface area contributed by atoms with Crippen molar-refractivity contribution < 1.29 is 0 Å². The predicted octanol–water partition coefficient (Wildman–Crippen LogP) is 3.47. The van der Waals surface area contributed by atoms with E-state index in [1.165, 1.54) is 16.7 Å². The SMILES string of the molecule is Cc1ccc(C(C)(N)Cc2ccsc2)cc1. The molecule has 0 saturated carbocycles. The first kappa shape index (κ1) is 11.4. The van der Waals surface area contributed by atoms with Gasteiger partial charge in [0, 0.05) is 5.54 Å². The molecule has 2 rings (SSSR count). The van der Waals surface area contributed by atoms with Gasteiger partial charge in [-0.1, -0.05) is 29.8 Å². The Kier molecular flexibility index (Phi) is 3.13. The van der Waals surface area contributed by atoms with Gasteiger partial charge < -0.3 is 5.73 Å². The summed E-state index contributed by atoms with van der Waals surface area (Å²) in [6.07, 6.45) is 0.888. The zero-order valence-electron chi connectivity index (χ0n) is 9.73. The molecular formula is C14H17NS. The summed E-state index contributed by atoms with van der Waals surface area (Å²) in [5.41, 5.74) is 9.89. The Morgan fingerprint density at radius 3 is 2.44 bits per heavy atom. The zero-order valence-corrected chi connectivity index (χ0v) is 10.6. The fourth-order valence-corrected chi connectivity index (χ4v) is 2.52. The highest BCUT2D eigenvalue weighted by atomic mass is 32.1. The highest BCUT2D eigenvalue weighted by molar-refractivity contribution is 7.07. The van der Waals surface area contributed by atoms with Gasteiger partial charge in [-0.2, -0.15) is 11.3 Å². The second kappa shape index (κ2) is 4.40. The smallest absolute Gasteiger partial charge is 0.0422 e. The van der Waals surface area contributed by atoms with Crippen LogP contribution in [0.25, 0.3) is 0 Å². The third kappa shape index (κ3) is 2.52. The number of hydrogen-bond donors (Lipinski definition) is 1. The fraction of sp³-hybridized carbons (Fsp3) is 0.286. The lowest BCUT2D eigenvalue weighted by Crippen LogP contribution is -2.35. The van der Waals surface area contributed by atoms with Gasteiger partial charge in [-0.25, -0.2) is 0 Å². The van der Waals surface area contributed by atoms with E-state index >= 15 is 0 Å². The summed E-state index contributed by atoms with van der Waals surface area (Å²) in [6, 6.07) is 10.6. The molecule has 1 aromatic carbocycles. The summed E-state index contributed by atoms with van der Waals surface area (Å²) >= 11 is 1.72. The van der Waals surface area contributed by atoms with E-state index in [0.717, 1.165) is 6.42 Å². The van der Waals surface area contributed by atoms with E-state index < -0.39 is 0 Å². The Morgan fingerprint density at radius 2 is 1.88 bits per heavy atom. The molecule has 1 atom stereocenters. The number of nitrogens with two attached hydrogens (primary N) is 1. The molecule has 0 radical (unpaired) electrons. The molecule has 2 N–H and O–H groups in total. The lowest BCUT2D eigenvalue weighted by molar-refractivity contribution is 0.492. The molecule has 16 heavy (non-hydrogen) atoms. The summed E-state index contributed by atoms with van der Waals surface area (Å²) in [5, 5.41) is 4.26. The average Bonchev–Trinajstić information content (AvgIpc) is 2.70. The van der Waals surface area contributed by atoms with Crippen LogP contribution in [0.1, 0.15) is 23.6 Å². The molecule has 1 aromatic heterocycles. The Morgan fingerprint density at radius 1 is 1.19 bits per heavy atom. The van der Waals surface area contributed by atoms with Crippen LogP contribution in [0, 0.1) is 6.92 Å². The highest BCUT2D eigenvalue weighted by Gasteiger charge is 2.21. The van der Waals surface area contributed by atoms with E-state index in [9.17, 15) is 0 Å². The van der Waals surface area contributed by atoms with Crippen molar-refractivity contribution >= 4 is 11.3 Å². The Hall–Kier alpha value is -1.12. The van der Waals surface area contributed by atoms with Gasteiger partial charge in [0.05, 0.1) is 0 Å². The van der Waals surface area contributed by atoms with Crippen molar-refractivity contribution in [2.24, 2.45) is 5.73 Å². The zero-order chi connectivity index (χ0) is 11.6. The molecule has 0 aliphatic heterocycles. The minimum atomic E-state index is -0.283. The van der Waals surface area contributed by atoms with Crippen molar-refractivity contribution in [2.45, 2.75) is 25.8 Å². The van der Waals surface area contributed by atoms with Gasteiger partial charge in [0.1, 0.15) is 0 Å². The van der Waals surface area contributed by atoms with E-state index in [0.29, 0.717) is 0 Å². The van der Waals surface area contributed by atoms with Crippen LogP contribution in [0.2, 0.25) is 0 Å². The third-order valence-corrected chi connectivity index (χ3v) is 3.59. The Balaban J connectivity index is 2.21. The summed E-state index contributed by atoms with van der Waals surface area (Å²) in [6.45, 7) is 4.19. The summed E-state index contributed by atoms with van der Waals surface area (Å²) in [5.74, 6) is 0. The lowest BCUT2D eigenvalue weighted by Gasteiger charge is -2.25. The van der Waals surface area contributed by atoms with Gasteiger partial charge in [-0.05, 0) is 48.2 Å². The average molecular weight is 231 g/mol. The Bertz CT molecular complexity index is 440. The van der Waals surface area contributed by atoms with Crippen molar-refractivity contribution in [3.8, 4) is 0 Å². The maximum Gasteiger partial charge on any atom is 0.0422 e. The van der Waals surface area contributed by atoms with Crippen molar-refractivity contribution in [1.29, 1.82) is 0 Å². The molecule has 0 amide bonds. The largest absolute Gasteiger partial charge is 0.321 e. The van der Waals surface area contributed by atoms with Crippen LogP contribution in [0.4, 0.5) is 0 Å². The van der Waals surface area contributed by atoms with Gasteiger partial charge in [-0.15, -0.1) is 0 Å². The third-order valence-electron chi connectivity index (χ3n) is 2.86. The van der Waals surface area contributed by atoms with Crippen molar-refractivity contribution in [2.75, 3.05) is 0 Å². The van der Waals surface area contributed by atoms with E-state index in [4.69, 9.17) is 5.73 Å². The van der Waals surface area contributed by atoms with Crippen molar-refractivity contribution in [1.82, 2.24) is 0 Å². The summed E-state index contributed by atoms with van der Waals surface area (Å²) in [7, 11) is 0. The van der Waals surface area contributed by atoms with Gasteiger partial charge in [0.2, 0.25) is 0 Å². The van der Waals surface area contributed by atoms with Crippen LogP contribution < -0.4 is 5.73 Å². The molecule has 0 bridgehead atoms. The lowest BCUT2D eigenvalue weighted by atomic mass is 9.87. The molecule has 1 nitrogen and oxygen atoms in total. The molecule has 0 saturated heterocycles. The van der Waals surface area contributed by atoms with E-state index in [1.54, 1.807) is 11.3 Å². The normalized spacial score (nSPS) is 14.7. The second-order valence-electron chi connectivity index (χ2n) is 4.59. The quantitative estimate of drug-likeness (QED) is 0.860. The molecule has 2 heteroatoms. The molecule has 1 unspecified atom stereocenters. The van der Waals surface area contributed by atoms with Gasteiger partial charge in [-0.3, -0.25) is 0 Å². The minimum Gasteiger partial charge on any atom is -0.321 e. The van der Waals surface area contributed by atoms with Crippen LogP contribution in [0.15, 0.2) is 41.1 Å². The molecule has 0 fully saturated rings. The van der Waals surface area contributed by atoms with E-state index in [2.05, 4.69) is 54.9 Å². The fourth-order valence-electron chi connectivity index (χ4n) is 1.85. The van der Waals surface area contributed by atoms with Crippen molar-refractivity contribution in [3.05, 3.63) is 57.8 Å². The van der Waals surface area contributed by atoms with E-state index in [-0.39, 0.29) is 5.54 Å².